The molecule has 1 amide bonds. The number of Topliss-reactive ketones (excluding diaryl/α,β-unsaturated/α-hetero) is 1. The highest BCUT2D eigenvalue weighted by atomic mass is 79.9. The van der Waals surface area contributed by atoms with Crippen molar-refractivity contribution in [1.29, 1.82) is 0 Å². The van der Waals surface area contributed by atoms with Crippen LogP contribution in [-0.4, -0.2) is 31.4 Å². The molecule has 1 N–H and O–H groups in total. The molecule has 142 valence electrons. The first-order chi connectivity index (χ1) is 13.0. The van der Waals surface area contributed by atoms with Crippen LogP contribution in [0.25, 0.3) is 0 Å². The van der Waals surface area contributed by atoms with Gasteiger partial charge in [0.25, 0.3) is 0 Å². The Morgan fingerprint density at radius 3 is 2.48 bits per heavy atom. The number of benzene rings is 2. The van der Waals surface area contributed by atoms with Crippen molar-refractivity contribution >= 4 is 39.3 Å². The van der Waals surface area contributed by atoms with Gasteiger partial charge < -0.3 is 14.8 Å². The molecule has 0 fully saturated rings. The van der Waals surface area contributed by atoms with Crippen LogP contribution in [0.2, 0.25) is 0 Å². The lowest BCUT2D eigenvalue weighted by Gasteiger charge is -2.07. The van der Waals surface area contributed by atoms with Gasteiger partial charge in [0.15, 0.2) is 12.4 Å². The summed E-state index contributed by atoms with van der Waals surface area (Å²) >= 11 is 3.32. The maximum absolute atomic E-state index is 12.0. The third-order valence-electron chi connectivity index (χ3n) is 3.67. The summed E-state index contributed by atoms with van der Waals surface area (Å²) in [7, 11) is 1.51. The molecule has 0 bridgehead atoms. The van der Waals surface area contributed by atoms with Gasteiger partial charge in [0.05, 0.1) is 7.11 Å². The number of ether oxygens (including phenoxy) is 2. The molecule has 0 saturated heterocycles. The van der Waals surface area contributed by atoms with Crippen LogP contribution >= 0.6 is 15.9 Å². The van der Waals surface area contributed by atoms with Gasteiger partial charge in [-0.15, -0.1) is 0 Å². The van der Waals surface area contributed by atoms with E-state index >= 15 is 0 Å². The lowest BCUT2D eigenvalue weighted by Crippen LogP contribution is -2.15. The summed E-state index contributed by atoms with van der Waals surface area (Å²) in [5.74, 6) is -0.445. The van der Waals surface area contributed by atoms with E-state index in [-0.39, 0.29) is 31.1 Å². The number of nitrogens with one attached hydrogen (secondary N) is 1. The van der Waals surface area contributed by atoms with Gasteiger partial charge in [-0.1, -0.05) is 28.1 Å². The van der Waals surface area contributed by atoms with E-state index in [4.69, 9.17) is 9.47 Å². The number of anilines is 1. The average molecular weight is 434 g/mol. The molecule has 0 radical (unpaired) electrons. The van der Waals surface area contributed by atoms with Gasteiger partial charge in [-0.3, -0.25) is 14.4 Å². The molecule has 0 aliphatic carbocycles. The molecular formula is C20H20BrNO5. The average Bonchev–Trinajstić information content (AvgIpc) is 2.68. The third-order valence-corrected chi connectivity index (χ3v) is 4.20. The molecule has 2 aromatic rings. The summed E-state index contributed by atoms with van der Waals surface area (Å²) in [6.45, 7) is -0.336. The van der Waals surface area contributed by atoms with Gasteiger partial charge in [-0.25, -0.2) is 0 Å². The standard InChI is InChI=1S/C20H20BrNO5/c1-26-17-5-2-4-14(12-17)18(23)13-27-20(25)7-3-6-19(24)22-16-10-8-15(21)9-11-16/h2,4-5,8-12H,3,6-7,13H2,1H3,(H,22,24). The quantitative estimate of drug-likeness (QED) is 0.477. The van der Waals surface area contributed by atoms with E-state index < -0.39 is 5.97 Å². The second kappa shape index (κ2) is 10.5. The van der Waals surface area contributed by atoms with Gasteiger partial charge in [-0.2, -0.15) is 0 Å². The molecule has 7 heteroatoms. The number of amides is 1. The maximum atomic E-state index is 12.0. The number of esters is 1. The first kappa shape index (κ1) is 20.6. The molecule has 0 saturated carbocycles. The van der Waals surface area contributed by atoms with Crippen molar-refractivity contribution in [3.8, 4) is 5.75 Å². The van der Waals surface area contributed by atoms with E-state index in [0.29, 0.717) is 23.4 Å². The normalized spacial score (nSPS) is 10.1. The first-order valence-electron chi connectivity index (χ1n) is 8.36. The predicted octanol–water partition coefficient (Wildman–Crippen LogP) is 3.99. The second-order valence-electron chi connectivity index (χ2n) is 5.72. The van der Waals surface area contributed by atoms with Gasteiger partial charge >= 0.3 is 5.97 Å². The van der Waals surface area contributed by atoms with E-state index in [9.17, 15) is 14.4 Å². The molecule has 2 rings (SSSR count). The minimum atomic E-state index is -0.511. The largest absolute Gasteiger partial charge is 0.497 e. The van der Waals surface area contributed by atoms with Crippen LogP contribution in [0.5, 0.6) is 5.75 Å². The first-order valence-corrected chi connectivity index (χ1v) is 9.15. The number of carbonyl (C=O) groups excluding carboxylic acids is 3. The smallest absolute Gasteiger partial charge is 0.306 e. The monoisotopic (exact) mass is 433 g/mol. The van der Waals surface area contributed by atoms with Crippen molar-refractivity contribution in [2.24, 2.45) is 0 Å². The summed E-state index contributed by atoms with van der Waals surface area (Å²) in [5, 5.41) is 2.75. The van der Waals surface area contributed by atoms with E-state index in [1.807, 2.05) is 12.1 Å². The predicted molar refractivity (Wildman–Crippen MR) is 105 cm³/mol. The summed E-state index contributed by atoms with van der Waals surface area (Å²) < 4.78 is 11.0. The zero-order valence-electron chi connectivity index (χ0n) is 14.9. The summed E-state index contributed by atoms with van der Waals surface area (Å²) in [6.07, 6.45) is 0.600. The van der Waals surface area contributed by atoms with Crippen molar-refractivity contribution in [1.82, 2.24) is 0 Å². The van der Waals surface area contributed by atoms with Crippen LogP contribution in [0, 0.1) is 0 Å². The Bertz CT molecular complexity index is 804. The summed E-state index contributed by atoms with van der Waals surface area (Å²) in [6, 6.07) is 13.8. The van der Waals surface area contributed by atoms with Crippen LogP contribution in [0.4, 0.5) is 5.69 Å². The number of hydrogen-bond donors (Lipinski definition) is 1. The van der Waals surface area contributed by atoms with Crippen LogP contribution in [0.15, 0.2) is 53.0 Å². The number of hydrogen-bond acceptors (Lipinski definition) is 5. The van der Waals surface area contributed by atoms with Gasteiger partial charge in [0.1, 0.15) is 5.75 Å². The third kappa shape index (κ3) is 7.22. The number of halogens is 1. The molecule has 0 aliphatic rings. The second-order valence-corrected chi connectivity index (χ2v) is 6.64. The Morgan fingerprint density at radius 1 is 1.04 bits per heavy atom. The van der Waals surface area contributed by atoms with E-state index in [1.165, 1.54) is 7.11 Å². The molecular weight excluding hydrogens is 414 g/mol. The van der Waals surface area contributed by atoms with Crippen LogP contribution < -0.4 is 10.1 Å². The fraction of sp³-hybridized carbons (Fsp3) is 0.250. The topological polar surface area (TPSA) is 81.7 Å². The van der Waals surface area contributed by atoms with Gasteiger partial charge in [0.2, 0.25) is 5.91 Å². The highest BCUT2D eigenvalue weighted by Crippen LogP contribution is 2.15. The number of carbonyl (C=O) groups is 3. The molecule has 0 atom stereocenters. The van der Waals surface area contributed by atoms with Gasteiger partial charge in [0, 0.05) is 28.6 Å². The summed E-state index contributed by atoms with van der Waals surface area (Å²) in [4.78, 5) is 35.6. The summed E-state index contributed by atoms with van der Waals surface area (Å²) in [5.41, 5.74) is 1.10. The lowest BCUT2D eigenvalue weighted by atomic mass is 10.1. The van der Waals surface area contributed by atoms with Crippen molar-refractivity contribution < 1.29 is 23.9 Å². The van der Waals surface area contributed by atoms with Crippen molar-refractivity contribution in [3.05, 3.63) is 58.6 Å². The highest BCUT2D eigenvalue weighted by Gasteiger charge is 2.11. The minimum absolute atomic E-state index is 0.0686. The zero-order valence-corrected chi connectivity index (χ0v) is 16.5. The lowest BCUT2D eigenvalue weighted by molar-refractivity contribution is -0.142. The highest BCUT2D eigenvalue weighted by molar-refractivity contribution is 9.10. The van der Waals surface area contributed by atoms with Crippen molar-refractivity contribution in [2.45, 2.75) is 19.3 Å². The Balaban J connectivity index is 1.67. The van der Waals surface area contributed by atoms with Gasteiger partial charge in [-0.05, 0) is 42.8 Å². The zero-order chi connectivity index (χ0) is 19.6. The molecule has 0 aliphatic heterocycles. The Labute approximate surface area is 166 Å². The molecule has 0 heterocycles. The van der Waals surface area contributed by atoms with E-state index in [1.54, 1.807) is 36.4 Å². The van der Waals surface area contributed by atoms with Crippen LogP contribution in [0.3, 0.4) is 0 Å². The van der Waals surface area contributed by atoms with Crippen molar-refractivity contribution in [3.63, 3.8) is 0 Å². The van der Waals surface area contributed by atoms with Crippen molar-refractivity contribution in [2.75, 3.05) is 19.0 Å². The Kier molecular flexibility index (Phi) is 8.00. The Hall–Kier alpha value is -2.67. The number of ketones is 1. The SMILES string of the molecule is COc1cccc(C(=O)COC(=O)CCCC(=O)Nc2ccc(Br)cc2)c1. The molecule has 0 spiro atoms. The van der Waals surface area contributed by atoms with E-state index in [0.717, 1.165) is 4.47 Å². The van der Waals surface area contributed by atoms with Crippen LogP contribution in [0.1, 0.15) is 29.6 Å². The number of methoxy groups -OCH3 is 1. The fourth-order valence-corrected chi connectivity index (χ4v) is 2.51. The fourth-order valence-electron chi connectivity index (χ4n) is 2.25. The van der Waals surface area contributed by atoms with E-state index in [2.05, 4.69) is 21.2 Å². The molecule has 2 aromatic carbocycles. The molecule has 0 unspecified atom stereocenters. The number of rotatable bonds is 9. The molecule has 0 aromatic heterocycles. The molecule has 6 nitrogen and oxygen atoms in total. The minimum Gasteiger partial charge on any atom is -0.497 e. The maximum Gasteiger partial charge on any atom is 0.306 e. The Morgan fingerprint density at radius 2 is 1.78 bits per heavy atom. The molecule has 27 heavy (non-hydrogen) atoms. The van der Waals surface area contributed by atoms with Crippen LogP contribution in [-0.2, 0) is 14.3 Å².